The second-order valence-corrected chi connectivity index (χ2v) is 13.6. The van der Waals surface area contributed by atoms with Gasteiger partial charge in [-0.25, -0.2) is 0 Å². The minimum Gasteiger partial charge on any atom is -0.497 e. The first kappa shape index (κ1) is 21.3. The number of rotatable bonds is 6. The molecule has 0 radical (unpaired) electrons. The SMILES string of the molecule is COc1ccc(N2C(=O)C(=O)[C@@H]2[C@H](O[Si](C)(C)C(C)(C)C)c2ccccc2)cc1. The van der Waals surface area contributed by atoms with E-state index in [1.165, 1.54) is 0 Å². The van der Waals surface area contributed by atoms with E-state index in [2.05, 4.69) is 33.9 Å². The highest BCUT2D eigenvalue weighted by Gasteiger charge is 2.54. The third-order valence-corrected chi connectivity index (χ3v) is 10.4. The zero-order valence-corrected chi connectivity index (χ0v) is 18.9. The molecule has 2 atom stereocenters. The van der Waals surface area contributed by atoms with E-state index in [0.29, 0.717) is 11.4 Å². The summed E-state index contributed by atoms with van der Waals surface area (Å²) in [5.41, 5.74) is 1.57. The average molecular weight is 412 g/mol. The maximum atomic E-state index is 12.7. The van der Waals surface area contributed by atoms with Crippen molar-refractivity contribution in [3.63, 3.8) is 0 Å². The van der Waals surface area contributed by atoms with Crippen molar-refractivity contribution >= 4 is 25.7 Å². The second-order valence-electron chi connectivity index (χ2n) is 8.89. The Hall–Kier alpha value is -2.44. The smallest absolute Gasteiger partial charge is 0.297 e. The van der Waals surface area contributed by atoms with E-state index in [1.54, 1.807) is 36.3 Å². The zero-order valence-electron chi connectivity index (χ0n) is 17.9. The van der Waals surface area contributed by atoms with Crippen molar-refractivity contribution in [2.75, 3.05) is 12.0 Å². The van der Waals surface area contributed by atoms with Crippen LogP contribution in [0.3, 0.4) is 0 Å². The van der Waals surface area contributed by atoms with Crippen LogP contribution in [0, 0.1) is 0 Å². The lowest BCUT2D eigenvalue weighted by atomic mass is 9.89. The number of Topliss-reactive ketones (excluding diaryl/α,β-unsaturated/α-hetero) is 1. The highest BCUT2D eigenvalue weighted by Crippen LogP contribution is 2.43. The van der Waals surface area contributed by atoms with Gasteiger partial charge in [-0.3, -0.25) is 14.5 Å². The number of ketones is 1. The molecule has 0 bridgehead atoms. The van der Waals surface area contributed by atoms with Crippen LogP contribution in [0.25, 0.3) is 0 Å². The van der Waals surface area contributed by atoms with Crippen LogP contribution in [0.4, 0.5) is 5.69 Å². The van der Waals surface area contributed by atoms with Crippen LogP contribution in [0.15, 0.2) is 54.6 Å². The molecule has 0 unspecified atom stereocenters. The maximum absolute atomic E-state index is 12.7. The van der Waals surface area contributed by atoms with Gasteiger partial charge in [-0.2, -0.15) is 0 Å². The lowest BCUT2D eigenvalue weighted by Gasteiger charge is -2.47. The van der Waals surface area contributed by atoms with Gasteiger partial charge in [0.1, 0.15) is 11.8 Å². The lowest BCUT2D eigenvalue weighted by Crippen LogP contribution is -2.66. The molecule has 154 valence electrons. The highest BCUT2D eigenvalue weighted by atomic mass is 28.4. The van der Waals surface area contributed by atoms with Gasteiger partial charge in [-0.05, 0) is 48.0 Å². The molecule has 5 nitrogen and oxygen atoms in total. The number of hydrogen-bond acceptors (Lipinski definition) is 4. The minimum atomic E-state index is -2.20. The molecular weight excluding hydrogens is 382 g/mol. The Balaban J connectivity index is 2.01. The van der Waals surface area contributed by atoms with Crippen molar-refractivity contribution in [2.45, 2.75) is 51.0 Å². The van der Waals surface area contributed by atoms with Crippen LogP contribution in [0.5, 0.6) is 5.75 Å². The second kappa shape index (κ2) is 7.76. The van der Waals surface area contributed by atoms with E-state index in [1.807, 2.05) is 30.3 Å². The summed E-state index contributed by atoms with van der Waals surface area (Å²) < 4.78 is 11.9. The van der Waals surface area contributed by atoms with Crippen LogP contribution in [0.1, 0.15) is 32.4 Å². The number of carbonyl (C=O) groups is 2. The van der Waals surface area contributed by atoms with Gasteiger partial charge in [0, 0.05) is 5.69 Å². The summed E-state index contributed by atoms with van der Waals surface area (Å²) >= 11 is 0. The number of nitrogens with zero attached hydrogens (tertiary/aromatic N) is 1. The van der Waals surface area contributed by atoms with Gasteiger partial charge in [0.05, 0.1) is 13.2 Å². The monoisotopic (exact) mass is 411 g/mol. The van der Waals surface area contributed by atoms with E-state index in [0.717, 1.165) is 5.56 Å². The maximum Gasteiger partial charge on any atom is 0.297 e. The van der Waals surface area contributed by atoms with Crippen LogP contribution in [0.2, 0.25) is 18.1 Å². The standard InChI is InChI=1S/C23H29NO4Si/c1-23(2,3)29(5,6)28-21(16-10-8-7-9-11-16)19-20(25)22(26)24(19)17-12-14-18(27-4)15-13-17/h7-15,19,21H,1-6H3/t19-,21-/m1/s1. The summed E-state index contributed by atoms with van der Waals surface area (Å²) in [6, 6.07) is 16.2. The Labute approximate surface area is 173 Å². The van der Waals surface area contributed by atoms with Crippen LogP contribution >= 0.6 is 0 Å². The molecule has 2 aromatic rings. The third-order valence-electron chi connectivity index (χ3n) is 5.97. The molecule has 0 aliphatic carbocycles. The Bertz CT molecular complexity index is 887. The molecule has 1 amide bonds. The Morgan fingerprint density at radius 2 is 1.55 bits per heavy atom. The fourth-order valence-corrected chi connectivity index (χ4v) is 4.42. The van der Waals surface area contributed by atoms with Gasteiger partial charge in [-0.15, -0.1) is 0 Å². The number of hydrogen-bond donors (Lipinski definition) is 0. The van der Waals surface area contributed by atoms with Gasteiger partial charge in [-0.1, -0.05) is 51.1 Å². The summed E-state index contributed by atoms with van der Waals surface area (Å²) in [6.45, 7) is 10.8. The summed E-state index contributed by atoms with van der Waals surface area (Å²) in [6.07, 6.45) is -0.510. The Morgan fingerprint density at radius 3 is 2.07 bits per heavy atom. The normalized spacial score (nSPS) is 18.4. The van der Waals surface area contributed by atoms with E-state index in [9.17, 15) is 9.59 Å². The number of ether oxygens (including phenoxy) is 1. The van der Waals surface area contributed by atoms with E-state index >= 15 is 0 Å². The van der Waals surface area contributed by atoms with E-state index in [-0.39, 0.29) is 5.04 Å². The fourth-order valence-electron chi connectivity index (χ4n) is 3.17. The number of benzene rings is 2. The molecule has 6 heteroatoms. The minimum absolute atomic E-state index is 0.0260. The van der Waals surface area contributed by atoms with Crippen molar-refractivity contribution in [3.05, 3.63) is 60.2 Å². The molecule has 1 saturated heterocycles. The quantitative estimate of drug-likeness (QED) is 0.391. The molecular formula is C23H29NO4Si. The first-order valence-corrected chi connectivity index (χ1v) is 12.7. The van der Waals surface area contributed by atoms with Crippen molar-refractivity contribution in [3.8, 4) is 5.75 Å². The summed E-state index contributed by atoms with van der Waals surface area (Å²) in [5.74, 6) is -0.213. The molecule has 0 spiro atoms. The predicted octanol–water partition coefficient (Wildman–Crippen LogP) is 4.74. The van der Waals surface area contributed by atoms with Crippen LogP contribution in [-0.4, -0.2) is 33.2 Å². The van der Waals surface area contributed by atoms with Crippen molar-refractivity contribution in [1.29, 1.82) is 0 Å². The summed E-state index contributed by atoms with van der Waals surface area (Å²) in [5, 5.41) is -0.0260. The zero-order chi connectivity index (χ0) is 21.4. The van der Waals surface area contributed by atoms with Gasteiger partial charge < -0.3 is 9.16 Å². The first-order chi connectivity index (χ1) is 13.6. The number of amides is 1. The van der Waals surface area contributed by atoms with Crippen LogP contribution < -0.4 is 9.64 Å². The molecule has 2 aromatic carbocycles. The molecule has 1 heterocycles. The van der Waals surface area contributed by atoms with E-state index in [4.69, 9.17) is 9.16 Å². The van der Waals surface area contributed by atoms with Gasteiger partial charge in [0.2, 0.25) is 5.78 Å². The molecule has 0 aromatic heterocycles. The predicted molar refractivity (Wildman–Crippen MR) is 117 cm³/mol. The summed E-state index contributed by atoms with van der Waals surface area (Å²) in [7, 11) is -0.611. The van der Waals surface area contributed by atoms with E-state index < -0.39 is 32.2 Å². The number of methoxy groups -OCH3 is 1. The molecule has 0 N–H and O–H groups in total. The molecule has 1 aliphatic heterocycles. The fraction of sp³-hybridized carbons (Fsp3) is 0.391. The molecule has 1 fully saturated rings. The largest absolute Gasteiger partial charge is 0.497 e. The Morgan fingerprint density at radius 1 is 0.966 bits per heavy atom. The Kier molecular flexibility index (Phi) is 5.69. The third kappa shape index (κ3) is 4.00. The molecule has 1 aliphatic rings. The van der Waals surface area contributed by atoms with Crippen LogP contribution in [-0.2, 0) is 14.0 Å². The van der Waals surface area contributed by atoms with Crippen molar-refractivity contribution in [2.24, 2.45) is 0 Å². The van der Waals surface area contributed by atoms with Crippen molar-refractivity contribution < 1.29 is 18.8 Å². The molecule has 29 heavy (non-hydrogen) atoms. The topological polar surface area (TPSA) is 55.8 Å². The average Bonchev–Trinajstić information content (AvgIpc) is 2.70. The van der Waals surface area contributed by atoms with Crippen molar-refractivity contribution in [1.82, 2.24) is 0 Å². The molecule has 0 saturated carbocycles. The number of β-lactam (4-membered cyclic amide) rings is 1. The molecule has 3 rings (SSSR count). The van der Waals surface area contributed by atoms with Gasteiger partial charge in [0.15, 0.2) is 8.32 Å². The summed E-state index contributed by atoms with van der Waals surface area (Å²) in [4.78, 5) is 26.8. The first-order valence-electron chi connectivity index (χ1n) is 9.81. The lowest BCUT2D eigenvalue weighted by molar-refractivity contribution is -0.146. The number of carbonyl (C=O) groups excluding carboxylic acids is 2. The highest BCUT2D eigenvalue weighted by molar-refractivity contribution is 6.74. The number of anilines is 1. The van der Waals surface area contributed by atoms with Gasteiger partial charge in [0.25, 0.3) is 5.91 Å². The van der Waals surface area contributed by atoms with Gasteiger partial charge >= 0.3 is 0 Å².